The van der Waals surface area contributed by atoms with Gasteiger partial charge in [0.15, 0.2) is 0 Å². The second-order valence-electron chi connectivity index (χ2n) is 2.39. The molecule has 5 heteroatoms. The molecule has 0 amide bonds. The van der Waals surface area contributed by atoms with E-state index in [9.17, 15) is 0 Å². The highest BCUT2D eigenvalue weighted by atomic mass is 35.5. The second kappa shape index (κ2) is 3.33. The summed E-state index contributed by atoms with van der Waals surface area (Å²) in [5, 5.41) is 0.753. The van der Waals surface area contributed by atoms with Crippen LogP contribution in [0.4, 0.5) is 5.69 Å². The van der Waals surface area contributed by atoms with E-state index in [-0.39, 0.29) is 23.3 Å². The number of hydrogen-bond acceptors (Lipinski definition) is 3. The number of thiol groups is 1. The largest absolute Gasteiger partial charge is 0.379 e. The van der Waals surface area contributed by atoms with Gasteiger partial charge in [-0.2, -0.15) is 10.9 Å². The number of halogens is 1. The minimum Gasteiger partial charge on any atom is -0.379 e. The van der Waals surface area contributed by atoms with Crippen molar-refractivity contribution < 1.29 is 0 Å². The Kier molecular flexibility index (Phi) is 2.59. The number of nitrogens with two attached hydrogens (primary N) is 1. The third-order valence-electron chi connectivity index (χ3n) is 1.72. The number of aliphatic imine (C=N–C) groups is 1. The highest BCUT2D eigenvalue weighted by Gasteiger charge is 2.16. The molecule has 0 bridgehead atoms. The molecule has 0 aliphatic carbocycles. The van der Waals surface area contributed by atoms with Crippen LogP contribution in [0.2, 0.25) is 0 Å². The number of nitrogens with zero attached hydrogens (tertiary/aromatic N) is 2. The molecule has 1 aliphatic rings. The van der Waals surface area contributed by atoms with Crippen molar-refractivity contribution in [1.29, 1.82) is 0 Å². The zero-order valence-corrected chi connectivity index (χ0v) is 8.27. The molecular weight excluding hydrogens is 194 g/mol. The van der Waals surface area contributed by atoms with Gasteiger partial charge in [-0.1, -0.05) is 0 Å². The van der Waals surface area contributed by atoms with Crippen LogP contribution in [-0.2, 0) is 0 Å². The summed E-state index contributed by atoms with van der Waals surface area (Å²) in [5.41, 5.74) is 6.62. The van der Waals surface area contributed by atoms with E-state index in [4.69, 9.17) is 5.73 Å². The van der Waals surface area contributed by atoms with Crippen LogP contribution in [0.5, 0.6) is 0 Å². The van der Waals surface area contributed by atoms with Gasteiger partial charge in [-0.25, -0.2) is 4.99 Å². The van der Waals surface area contributed by atoms with E-state index in [1.807, 2.05) is 6.07 Å². The molecule has 1 unspecified atom stereocenters. The van der Waals surface area contributed by atoms with Gasteiger partial charge in [0.25, 0.3) is 0 Å². The number of aromatic nitrogens is 1. The zero-order chi connectivity index (χ0) is 7.84. The Morgan fingerprint density at radius 1 is 1.50 bits per heavy atom. The summed E-state index contributed by atoms with van der Waals surface area (Å²) in [6.07, 6.45) is 5.65. The third-order valence-corrected chi connectivity index (χ3v) is 3.61. The number of fused-ring (bicyclic) bond motifs is 1. The molecule has 12 heavy (non-hydrogen) atoms. The summed E-state index contributed by atoms with van der Waals surface area (Å²) < 4.78 is 0. The van der Waals surface area contributed by atoms with Gasteiger partial charge in [0.1, 0.15) is 5.17 Å². The topological polar surface area (TPSA) is 51.3 Å². The van der Waals surface area contributed by atoms with E-state index < -0.39 is 0 Å². The van der Waals surface area contributed by atoms with E-state index in [0.29, 0.717) is 0 Å². The highest BCUT2D eigenvalue weighted by molar-refractivity contribution is 8.29. The SMILES string of the molecule is C[SH]1C(N)=Nc2cnccc21.Cl. The van der Waals surface area contributed by atoms with Crippen LogP contribution in [0.1, 0.15) is 0 Å². The summed E-state index contributed by atoms with van der Waals surface area (Å²) >= 11 is 0. The van der Waals surface area contributed by atoms with Crippen molar-refractivity contribution in [3.8, 4) is 0 Å². The molecule has 1 aromatic heterocycles. The molecule has 1 atom stereocenters. The van der Waals surface area contributed by atoms with Crippen molar-refractivity contribution in [1.82, 2.24) is 4.98 Å². The minimum absolute atomic E-state index is 0. The van der Waals surface area contributed by atoms with Gasteiger partial charge in [0, 0.05) is 11.1 Å². The van der Waals surface area contributed by atoms with Crippen molar-refractivity contribution in [3.05, 3.63) is 18.5 Å². The number of pyridine rings is 1. The average Bonchev–Trinajstić information content (AvgIpc) is 2.30. The maximum absolute atomic E-state index is 5.68. The first-order chi connectivity index (χ1) is 5.29. The summed E-state index contributed by atoms with van der Waals surface area (Å²) in [6, 6.07) is 1.99. The first-order valence-corrected chi connectivity index (χ1v) is 5.10. The van der Waals surface area contributed by atoms with Gasteiger partial charge >= 0.3 is 0 Å². The molecule has 2 N–H and O–H groups in total. The molecular formula is C7H10ClN3S. The van der Waals surface area contributed by atoms with Crippen LogP contribution in [0.25, 0.3) is 0 Å². The van der Waals surface area contributed by atoms with Crippen molar-refractivity contribution in [3.63, 3.8) is 0 Å². The van der Waals surface area contributed by atoms with E-state index in [0.717, 1.165) is 10.9 Å². The first kappa shape index (κ1) is 9.35. The lowest BCUT2D eigenvalue weighted by Gasteiger charge is -2.07. The lowest BCUT2D eigenvalue weighted by atomic mass is 10.4. The molecule has 0 aromatic carbocycles. The molecule has 0 spiro atoms. The van der Waals surface area contributed by atoms with Crippen molar-refractivity contribution >= 4 is 34.2 Å². The van der Waals surface area contributed by atoms with Crippen LogP contribution in [-0.4, -0.2) is 16.4 Å². The molecule has 0 saturated heterocycles. The molecule has 0 fully saturated rings. The fourth-order valence-electron chi connectivity index (χ4n) is 1.07. The number of rotatable bonds is 0. The smallest absolute Gasteiger partial charge is 0.143 e. The molecule has 3 nitrogen and oxygen atoms in total. The lowest BCUT2D eigenvalue weighted by Crippen LogP contribution is -2.06. The molecule has 1 aromatic rings. The van der Waals surface area contributed by atoms with Crippen LogP contribution < -0.4 is 5.73 Å². The Labute approximate surface area is 79.9 Å². The van der Waals surface area contributed by atoms with Gasteiger partial charge in [0.2, 0.25) is 0 Å². The molecule has 66 valence electrons. The van der Waals surface area contributed by atoms with E-state index >= 15 is 0 Å². The predicted octanol–water partition coefficient (Wildman–Crippen LogP) is 1.45. The van der Waals surface area contributed by atoms with E-state index in [1.165, 1.54) is 4.90 Å². The standard InChI is InChI=1S/C7H9N3S.ClH/c1-11-6-2-3-9-4-5(6)10-7(11)8;/h2-4,11H,1H3,(H2,8,10);1H. The van der Waals surface area contributed by atoms with Crippen molar-refractivity contribution in [2.24, 2.45) is 10.7 Å². The van der Waals surface area contributed by atoms with Gasteiger partial charge in [-0.05, 0) is 12.3 Å². The van der Waals surface area contributed by atoms with Gasteiger partial charge in [0.05, 0.1) is 11.9 Å². The Morgan fingerprint density at radius 2 is 2.25 bits per heavy atom. The molecule has 0 saturated carbocycles. The van der Waals surface area contributed by atoms with Gasteiger partial charge in [-0.15, -0.1) is 12.4 Å². The number of hydrogen-bond donors (Lipinski definition) is 2. The Hall–Kier alpha value is -0.740. The lowest BCUT2D eigenvalue weighted by molar-refractivity contribution is 1.25. The second-order valence-corrected chi connectivity index (χ2v) is 4.45. The predicted molar refractivity (Wildman–Crippen MR) is 55.9 cm³/mol. The Morgan fingerprint density at radius 3 is 2.92 bits per heavy atom. The van der Waals surface area contributed by atoms with Crippen molar-refractivity contribution in [2.75, 3.05) is 6.26 Å². The minimum atomic E-state index is -0.354. The van der Waals surface area contributed by atoms with Crippen LogP contribution in [0, 0.1) is 0 Å². The average molecular weight is 204 g/mol. The molecule has 2 rings (SSSR count). The summed E-state index contributed by atoms with van der Waals surface area (Å²) in [4.78, 5) is 9.41. The van der Waals surface area contributed by atoms with Gasteiger partial charge < -0.3 is 5.73 Å². The summed E-state index contributed by atoms with van der Waals surface area (Å²) in [7, 11) is -0.354. The quantitative estimate of drug-likeness (QED) is 0.628. The molecule has 1 aliphatic heterocycles. The van der Waals surface area contributed by atoms with E-state index in [1.54, 1.807) is 12.4 Å². The van der Waals surface area contributed by atoms with Gasteiger partial charge in [-0.3, -0.25) is 4.98 Å². The van der Waals surface area contributed by atoms with Crippen LogP contribution in [0.3, 0.4) is 0 Å². The zero-order valence-electron chi connectivity index (χ0n) is 6.56. The third kappa shape index (κ3) is 1.28. The van der Waals surface area contributed by atoms with E-state index in [2.05, 4.69) is 16.2 Å². The normalized spacial score (nSPS) is 22.4. The maximum Gasteiger partial charge on any atom is 0.143 e. The number of amidine groups is 1. The summed E-state index contributed by atoms with van der Waals surface area (Å²) in [5.74, 6) is 0. The highest BCUT2D eigenvalue weighted by Crippen LogP contribution is 2.44. The Bertz CT molecular complexity index is 326. The van der Waals surface area contributed by atoms with Crippen LogP contribution >= 0.6 is 23.3 Å². The van der Waals surface area contributed by atoms with Crippen LogP contribution in [0.15, 0.2) is 28.3 Å². The summed E-state index contributed by atoms with van der Waals surface area (Å²) in [6.45, 7) is 0. The molecule has 0 radical (unpaired) electrons. The monoisotopic (exact) mass is 203 g/mol. The fourth-order valence-corrected chi connectivity index (χ4v) is 2.32. The maximum atomic E-state index is 5.68. The first-order valence-electron chi connectivity index (χ1n) is 3.31. The van der Waals surface area contributed by atoms with Crippen molar-refractivity contribution in [2.45, 2.75) is 4.90 Å². The Balaban J connectivity index is 0.000000720. The molecule has 2 heterocycles. The fraction of sp³-hybridized carbons (Fsp3) is 0.143.